The number of nitrogens with two attached hydrogens (primary N) is 1. The highest BCUT2D eigenvalue weighted by molar-refractivity contribution is 5.94. The van der Waals surface area contributed by atoms with Crippen LogP contribution in [-0.2, 0) is 11.2 Å². The van der Waals surface area contributed by atoms with E-state index in [1.807, 2.05) is 0 Å². The van der Waals surface area contributed by atoms with Crippen molar-refractivity contribution < 1.29 is 18.0 Å². The standard InChI is InChI=1S/C14H19F3N2O/c1-2-3-4-11(18)9-10-5-7-12(8-6-10)19-13(20)14(15,16)17/h5-8,11H,2-4,9,18H2,1H3,(H,19,20). The van der Waals surface area contributed by atoms with Crippen molar-refractivity contribution >= 4 is 11.6 Å². The van der Waals surface area contributed by atoms with Crippen LogP contribution in [0, 0.1) is 0 Å². The van der Waals surface area contributed by atoms with Gasteiger partial charge in [0.15, 0.2) is 0 Å². The zero-order valence-corrected chi connectivity index (χ0v) is 11.3. The normalized spacial score (nSPS) is 13.1. The molecule has 0 aliphatic rings. The van der Waals surface area contributed by atoms with E-state index in [0.29, 0.717) is 6.42 Å². The minimum atomic E-state index is -4.87. The molecule has 0 aliphatic heterocycles. The lowest BCUT2D eigenvalue weighted by Gasteiger charge is -2.12. The van der Waals surface area contributed by atoms with Gasteiger partial charge in [-0.15, -0.1) is 0 Å². The first-order valence-electron chi connectivity index (χ1n) is 6.55. The Hall–Kier alpha value is -1.56. The van der Waals surface area contributed by atoms with Crippen molar-refractivity contribution in [2.75, 3.05) is 5.32 Å². The van der Waals surface area contributed by atoms with Crippen LogP contribution in [-0.4, -0.2) is 18.1 Å². The van der Waals surface area contributed by atoms with Crippen LogP contribution in [0.1, 0.15) is 31.7 Å². The molecule has 0 radical (unpaired) electrons. The van der Waals surface area contributed by atoms with Gasteiger partial charge in [-0.05, 0) is 30.5 Å². The summed E-state index contributed by atoms with van der Waals surface area (Å²) in [5, 5.41) is 1.80. The lowest BCUT2D eigenvalue weighted by Crippen LogP contribution is -2.29. The molecule has 3 nitrogen and oxygen atoms in total. The average Bonchev–Trinajstić information content (AvgIpc) is 2.37. The number of benzene rings is 1. The molecular formula is C14H19F3N2O. The van der Waals surface area contributed by atoms with E-state index < -0.39 is 12.1 Å². The Morgan fingerprint density at radius 3 is 2.40 bits per heavy atom. The van der Waals surface area contributed by atoms with Crippen LogP contribution in [0.25, 0.3) is 0 Å². The number of alkyl halides is 3. The zero-order valence-electron chi connectivity index (χ0n) is 11.3. The Balaban J connectivity index is 2.54. The highest BCUT2D eigenvalue weighted by atomic mass is 19.4. The summed E-state index contributed by atoms with van der Waals surface area (Å²) in [5.41, 5.74) is 7.02. The summed E-state index contributed by atoms with van der Waals surface area (Å²) in [7, 11) is 0. The van der Waals surface area contributed by atoms with E-state index in [-0.39, 0.29) is 11.7 Å². The first kappa shape index (κ1) is 16.5. The maximum atomic E-state index is 12.1. The van der Waals surface area contributed by atoms with Gasteiger partial charge < -0.3 is 11.1 Å². The number of hydrogen-bond donors (Lipinski definition) is 2. The summed E-state index contributed by atoms with van der Waals surface area (Å²) in [6.45, 7) is 2.09. The van der Waals surface area contributed by atoms with E-state index in [1.165, 1.54) is 12.1 Å². The Kier molecular flexibility index (Phi) is 6.01. The maximum Gasteiger partial charge on any atom is 0.471 e. The number of carbonyl (C=O) groups is 1. The first-order chi connectivity index (χ1) is 9.32. The van der Waals surface area contributed by atoms with Crippen molar-refractivity contribution in [1.29, 1.82) is 0 Å². The van der Waals surface area contributed by atoms with Crippen LogP contribution in [0.5, 0.6) is 0 Å². The molecule has 0 aliphatic carbocycles. The van der Waals surface area contributed by atoms with Crippen molar-refractivity contribution in [3.63, 3.8) is 0 Å². The Labute approximate surface area is 116 Å². The minimum Gasteiger partial charge on any atom is -0.327 e. The predicted molar refractivity (Wildman–Crippen MR) is 72.3 cm³/mol. The maximum absolute atomic E-state index is 12.1. The summed E-state index contributed by atoms with van der Waals surface area (Å²) in [6, 6.07) is 6.30. The Morgan fingerprint density at radius 1 is 1.30 bits per heavy atom. The van der Waals surface area contributed by atoms with E-state index in [2.05, 4.69) is 6.92 Å². The molecule has 0 heterocycles. The fourth-order valence-electron chi connectivity index (χ4n) is 1.80. The number of halogens is 3. The summed E-state index contributed by atoms with van der Waals surface area (Å²) in [6.07, 6.45) is -1.14. The minimum absolute atomic E-state index is 0.0468. The second kappa shape index (κ2) is 7.28. The lowest BCUT2D eigenvalue weighted by molar-refractivity contribution is -0.167. The third kappa shape index (κ3) is 5.61. The number of nitrogens with one attached hydrogen (secondary N) is 1. The van der Waals surface area contributed by atoms with Gasteiger partial charge in [-0.1, -0.05) is 31.9 Å². The van der Waals surface area contributed by atoms with Gasteiger partial charge in [-0.25, -0.2) is 0 Å². The number of anilines is 1. The number of amides is 1. The largest absolute Gasteiger partial charge is 0.471 e. The second-order valence-electron chi connectivity index (χ2n) is 4.76. The van der Waals surface area contributed by atoms with Crippen molar-refractivity contribution in [3.8, 4) is 0 Å². The summed E-state index contributed by atoms with van der Waals surface area (Å²) in [5.74, 6) is -1.97. The zero-order chi connectivity index (χ0) is 15.2. The molecule has 1 aromatic carbocycles. The average molecular weight is 288 g/mol. The van der Waals surface area contributed by atoms with Crippen molar-refractivity contribution in [2.24, 2.45) is 5.73 Å². The van der Waals surface area contributed by atoms with Gasteiger partial charge in [0, 0.05) is 11.7 Å². The molecule has 0 spiro atoms. The van der Waals surface area contributed by atoms with Crippen LogP contribution in [0.3, 0.4) is 0 Å². The molecule has 6 heteroatoms. The van der Waals surface area contributed by atoms with Gasteiger partial charge in [0.2, 0.25) is 0 Å². The molecule has 1 amide bonds. The van der Waals surface area contributed by atoms with E-state index in [4.69, 9.17) is 5.73 Å². The number of hydrogen-bond acceptors (Lipinski definition) is 2. The fraction of sp³-hybridized carbons (Fsp3) is 0.500. The molecule has 0 bridgehead atoms. The van der Waals surface area contributed by atoms with Crippen molar-refractivity contribution in [2.45, 2.75) is 44.8 Å². The van der Waals surface area contributed by atoms with E-state index in [1.54, 1.807) is 17.4 Å². The molecule has 20 heavy (non-hydrogen) atoms. The Morgan fingerprint density at radius 2 is 1.90 bits per heavy atom. The molecule has 1 rings (SSSR count). The number of rotatable bonds is 6. The predicted octanol–water partition coefficient (Wildman–Crippen LogP) is 3.25. The summed E-state index contributed by atoms with van der Waals surface area (Å²) >= 11 is 0. The second-order valence-corrected chi connectivity index (χ2v) is 4.76. The first-order valence-corrected chi connectivity index (χ1v) is 6.55. The topological polar surface area (TPSA) is 55.1 Å². The van der Waals surface area contributed by atoms with Crippen LogP contribution in [0.4, 0.5) is 18.9 Å². The SMILES string of the molecule is CCCCC(N)Cc1ccc(NC(=O)C(F)(F)F)cc1. The Bertz CT molecular complexity index is 429. The van der Waals surface area contributed by atoms with Gasteiger partial charge in [0.1, 0.15) is 0 Å². The van der Waals surface area contributed by atoms with Crippen LogP contribution in [0.15, 0.2) is 24.3 Å². The third-order valence-electron chi connectivity index (χ3n) is 2.90. The summed E-state index contributed by atoms with van der Waals surface area (Å²) < 4.78 is 36.2. The van der Waals surface area contributed by atoms with Crippen molar-refractivity contribution in [1.82, 2.24) is 0 Å². The molecule has 3 N–H and O–H groups in total. The molecular weight excluding hydrogens is 269 g/mol. The van der Waals surface area contributed by atoms with E-state index >= 15 is 0 Å². The highest BCUT2D eigenvalue weighted by Gasteiger charge is 2.38. The molecule has 1 atom stereocenters. The monoisotopic (exact) mass is 288 g/mol. The molecule has 0 aromatic heterocycles. The summed E-state index contributed by atoms with van der Waals surface area (Å²) in [4.78, 5) is 10.8. The lowest BCUT2D eigenvalue weighted by atomic mass is 10.0. The van der Waals surface area contributed by atoms with Crippen LogP contribution in [0.2, 0.25) is 0 Å². The molecule has 1 aromatic rings. The number of unbranched alkanes of at least 4 members (excludes halogenated alkanes) is 1. The van der Waals surface area contributed by atoms with E-state index in [9.17, 15) is 18.0 Å². The fourth-order valence-corrected chi connectivity index (χ4v) is 1.80. The van der Waals surface area contributed by atoms with Crippen LogP contribution >= 0.6 is 0 Å². The molecule has 0 fully saturated rings. The van der Waals surface area contributed by atoms with Crippen LogP contribution < -0.4 is 11.1 Å². The molecule has 0 saturated carbocycles. The molecule has 0 saturated heterocycles. The smallest absolute Gasteiger partial charge is 0.327 e. The molecule has 112 valence electrons. The van der Waals surface area contributed by atoms with Gasteiger partial charge in [0.25, 0.3) is 0 Å². The van der Waals surface area contributed by atoms with Gasteiger partial charge >= 0.3 is 12.1 Å². The van der Waals surface area contributed by atoms with Crippen molar-refractivity contribution in [3.05, 3.63) is 29.8 Å². The third-order valence-corrected chi connectivity index (χ3v) is 2.90. The molecule has 1 unspecified atom stereocenters. The van der Waals surface area contributed by atoms with E-state index in [0.717, 1.165) is 24.8 Å². The van der Waals surface area contributed by atoms with Gasteiger partial charge in [-0.2, -0.15) is 13.2 Å². The quantitative estimate of drug-likeness (QED) is 0.844. The number of carbonyl (C=O) groups excluding carboxylic acids is 1. The van der Waals surface area contributed by atoms with Gasteiger partial charge in [-0.3, -0.25) is 4.79 Å². The highest BCUT2D eigenvalue weighted by Crippen LogP contribution is 2.19. The van der Waals surface area contributed by atoms with Gasteiger partial charge in [0.05, 0.1) is 0 Å².